The van der Waals surface area contributed by atoms with E-state index in [9.17, 15) is 4.79 Å². The van der Waals surface area contributed by atoms with Crippen LogP contribution in [0.3, 0.4) is 0 Å². The Bertz CT molecular complexity index is 495. The van der Waals surface area contributed by atoms with Crippen LogP contribution in [-0.4, -0.2) is 11.8 Å². The molecule has 0 radical (unpaired) electrons. The molecule has 2 nitrogen and oxygen atoms in total. The minimum Gasteiger partial charge on any atom is -0.385 e. The third kappa shape index (κ3) is 13.0. The lowest BCUT2D eigenvalue weighted by Gasteiger charge is -2.06. The lowest BCUT2D eigenvalue weighted by atomic mass is 10.1. The van der Waals surface area contributed by atoms with Crippen LogP contribution in [0.25, 0.3) is 0 Å². The Labute approximate surface area is 165 Å². The molecule has 146 valence electrons. The van der Waals surface area contributed by atoms with Gasteiger partial charge in [-0.1, -0.05) is 76.2 Å². The molecule has 0 fully saturated rings. The molecule has 0 saturated carbocycles. The van der Waals surface area contributed by atoms with E-state index in [-0.39, 0.29) is 5.24 Å². The molecule has 0 amide bonds. The van der Waals surface area contributed by atoms with Gasteiger partial charge >= 0.3 is 0 Å². The fourth-order valence-electron chi connectivity index (χ4n) is 2.99. The van der Waals surface area contributed by atoms with Gasteiger partial charge in [-0.25, -0.2) is 0 Å². The molecule has 1 N–H and O–H groups in total. The van der Waals surface area contributed by atoms with Gasteiger partial charge in [0.15, 0.2) is 0 Å². The molecule has 1 aromatic carbocycles. The van der Waals surface area contributed by atoms with Gasteiger partial charge in [0, 0.05) is 18.7 Å². The van der Waals surface area contributed by atoms with Gasteiger partial charge in [-0.15, -0.1) is 0 Å². The largest absolute Gasteiger partial charge is 0.385 e. The summed E-state index contributed by atoms with van der Waals surface area (Å²) in [6.07, 6.45) is 19.6. The summed E-state index contributed by atoms with van der Waals surface area (Å²) in [5.41, 5.74) is 2.05. The predicted molar refractivity (Wildman–Crippen MR) is 115 cm³/mol. The van der Waals surface area contributed by atoms with Crippen molar-refractivity contribution < 1.29 is 4.79 Å². The predicted octanol–water partition coefficient (Wildman–Crippen LogP) is 7.27. The number of unbranched alkanes of at least 4 members (excludes halogenated alkanes) is 9. The summed E-state index contributed by atoms with van der Waals surface area (Å²) in [5, 5.41) is 3.10. The zero-order chi connectivity index (χ0) is 18.9. The van der Waals surface area contributed by atoms with E-state index in [0.717, 1.165) is 30.6 Å². The molecule has 1 rings (SSSR count). The van der Waals surface area contributed by atoms with E-state index < -0.39 is 0 Å². The van der Waals surface area contributed by atoms with E-state index in [1.54, 1.807) is 0 Å². The van der Waals surface area contributed by atoms with Crippen molar-refractivity contribution in [1.82, 2.24) is 0 Å². The summed E-state index contributed by atoms with van der Waals surface area (Å²) in [6, 6.07) is 7.92. The number of hydrogen-bond acceptors (Lipinski definition) is 2. The van der Waals surface area contributed by atoms with Crippen molar-refractivity contribution in [2.45, 2.75) is 84.0 Å². The third-order valence-corrected chi connectivity index (χ3v) is 4.70. The maximum Gasteiger partial charge on any atom is 0.226 e. The maximum absolute atomic E-state index is 10.9. The number of carbonyl (C=O) groups is 1. The Kier molecular flexibility index (Phi) is 13.9. The van der Waals surface area contributed by atoms with Gasteiger partial charge in [0.05, 0.1) is 0 Å². The van der Waals surface area contributed by atoms with Crippen LogP contribution in [0.5, 0.6) is 0 Å². The zero-order valence-electron chi connectivity index (χ0n) is 16.4. The van der Waals surface area contributed by atoms with Gasteiger partial charge in [-0.2, -0.15) is 0 Å². The minimum absolute atomic E-state index is 0.297. The SMILES string of the molecule is CCCCCCCCCCC=CCCCNc1ccc(CC(=O)Cl)cc1. The van der Waals surface area contributed by atoms with Gasteiger partial charge in [0.25, 0.3) is 0 Å². The highest BCUT2D eigenvalue weighted by molar-refractivity contribution is 6.63. The number of hydrogen-bond donors (Lipinski definition) is 1. The van der Waals surface area contributed by atoms with Crippen LogP contribution in [0.1, 0.15) is 83.1 Å². The fraction of sp³-hybridized carbons (Fsp3) is 0.609. The Hall–Kier alpha value is -1.28. The molecule has 0 atom stereocenters. The fourth-order valence-corrected chi connectivity index (χ4v) is 3.14. The number of carbonyl (C=O) groups excluding carboxylic acids is 1. The van der Waals surface area contributed by atoms with Crippen LogP contribution in [0.2, 0.25) is 0 Å². The normalized spacial score (nSPS) is 11.2. The van der Waals surface area contributed by atoms with Gasteiger partial charge in [0.1, 0.15) is 0 Å². The van der Waals surface area contributed by atoms with Gasteiger partial charge < -0.3 is 5.32 Å². The van der Waals surface area contributed by atoms with E-state index in [4.69, 9.17) is 11.6 Å². The van der Waals surface area contributed by atoms with Gasteiger partial charge in [-0.05, 0) is 55.0 Å². The highest BCUT2D eigenvalue weighted by Crippen LogP contribution is 2.12. The van der Waals surface area contributed by atoms with Crippen LogP contribution in [-0.2, 0) is 11.2 Å². The average Bonchev–Trinajstić information content (AvgIpc) is 2.63. The molecule has 0 spiro atoms. The summed E-state index contributed by atoms with van der Waals surface area (Å²) in [4.78, 5) is 10.9. The topological polar surface area (TPSA) is 29.1 Å². The molecule has 0 saturated heterocycles. The molecule has 0 aliphatic heterocycles. The first-order chi connectivity index (χ1) is 12.7. The molecule has 3 heteroatoms. The number of rotatable bonds is 16. The van der Waals surface area contributed by atoms with Crippen molar-refractivity contribution in [3.63, 3.8) is 0 Å². The number of halogens is 1. The summed E-state index contributed by atoms with van der Waals surface area (Å²) in [6.45, 7) is 3.24. The number of anilines is 1. The van der Waals surface area contributed by atoms with Crippen LogP contribution in [0.15, 0.2) is 36.4 Å². The lowest BCUT2D eigenvalue weighted by Crippen LogP contribution is -2.01. The highest BCUT2D eigenvalue weighted by Gasteiger charge is 1.99. The molecule has 1 aromatic rings. The van der Waals surface area contributed by atoms with E-state index in [1.807, 2.05) is 24.3 Å². The quantitative estimate of drug-likeness (QED) is 0.186. The van der Waals surface area contributed by atoms with E-state index in [1.165, 1.54) is 57.8 Å². The lowest BCUT2D eigenvalue weighted by molar-refractivity contribution is -0.111. The molecular formula is C23H36ClNO. The van der Waals surface area contributed by atoms with Crippen LogP contribution in [0, 0.1) is 0 Å². The second kappa shape index (κ2) is 15.9. The smallest absolute Gasteiger partial charge is 0.226 e. The Balaban J connectivity index is 1.93. The first-order valence-electron chi connectivity index (χ1n) is 10.4. The molecule has 0 heterocycles. The Morgan fingerprint density at radius 2 is 1.46 bits per heavy atom. The highest BCUT2D eigenvalue weighted by atomic mass is 35.5. The van der Waals surface area contributed by atoms with Gasteiger partial charge in [-0.3, -0.25) is 4.79 Å². The standard InChI is InChI=1S/C23H36ClNO/c1-2-3-4-5-6-7-8-9-10-11-12-13-14-19-25-22-17-15-21(16-18-22)20-23(24)26/h11-12,15-18,25H,2-10,13-14,19-20H2,1H3. The third-order valence-electron chi connectivity index (χ3n) is 4.56. The van der Waals surface area contributed by atoms with E-state index in [0.29, 0.717) is 6.42 Å². The second-order valence-electron chi connectivity index (χ2n) is 7.03. The van der Waals surface area contributed by atoms with E-state index >= 15 is 0 Å². The second-order valence-corrected chi connectivity index (χ2v) is 7.45. The van der Waals surface area contributed by atoms with Crippen molar-refractivity contribution >= 4 is 22.5 Å². The molecule has 26 heavy (non-hydrogen) atoms. The van der Waals surface area contributed by atoms with E-state index in [2.05, 4.69) is 24.4 Å². The first-order valence-corrected chi connectivity index (χ1v) is 10.8. The average molecular weight is 378 g/mol. The number of allylic oxidation sites excluding steroid dienone is 2. The minimum atomic E-state index is -0.315. The summed E-state index contributed by atoms with van der Waals surface area (Å²) >= 11 is 5.39. The molecule has 0 bridgehead atoms. The van der Waals surface area contributed by atoms with Crippen molar-refractivity contribution in [1.29, 1.82) is 0 Å². The molecule has 0 unspecified atom stereocenters. The monoisotopic (exact) mass is 377 g/mol. The summed E-state index contributed by atoms with van der Waals surface area (Å²) < 4.78 is 0. The molecular weight excluding hydrogens is 342 g/mol. The summed E-state index contributed by atoms with van der Waals surface area (Å²) in [7, 11) is 0. The van der Waals surface area contributed by atoms with Crippen molar-refractivity contribution in [2.75, 3.05) is 11.9 Å². The van der Waals surface area contributed by atoms with Crippen molar-refractivity contribution in [2.24, 2.45) is 0 Å². The molecule has 0 aliphatic carbocycles. The first kappa shape index (κ1) is 22.8. The van der Waals surface area contributed by atoms with Crippen molar-refractivity contribution in [3.05, 3.63) is 42.0 Å². The number of benzene rings is 1. The van der Waals surface area contributed by atoms with Crippen molar-refractivity contribution in [3.8, 4) is 0 Å². The van der Waals surface area contributed by atoms with Crippen LogP contribution >= 0.6 is 11.6 Å². The molecule has 0 aliphatic rings. The molecule has 0 aromatic heterocycles. The van der Waals surface area contributed by atoms with Gasteiger partial charge in [0.2, 0.25) is 5.24 Å². The number of nitrogens with one attached hydrogen (secondary N) is 1. The Morgan fingerprint density at radius 1 is 0.885 bits per heavy atom. The van der Waals surface area contributed by atoms with Crippen LogP contribution in [0.4, 0.5) is 5.69 Å². The maximum atomic E-state index is 10.9. The summed E-state index contributed by atoms with van der Waals surface area (Å²) in [5.74, 6) is 0. The Morgan fingerprint density at radius 3 is 2.08 bits per heavy atom. The van der Waals surface area contributed by atoms with Crippen LogP contribution < -0.4 is 5.32 Å². The zero-order valence-corrected chi connectivity index (χ0v) is 17.2.